The fraction of sp³-hybridized carbons (Fsp3) is 0.786. The summed E-state index contributed by atoms with van der Waals surface area (Å²) in [6.45, 7) is 57.7. The van der Waals surface area contributed by atoms with E-state index in [1.807, 2.05) is 109 Å². The van der Waals surface area contributed by atoms with E-state index >= 15 is 0 Å². The van der Waals surface area contributed by atoms with Crippen molar-refractivity contribution in [2.45, 2.75) is 296 Å². The van der Waals surface area contributed by atoms with Crippen LogP contribution < -0.4 is 10.6 Å². The number of ether oxygens (including phenoxy) is 2. The van der Waals surface area contributed by atoms with Crippen molar-refractivity contribution in [3.05, 3.63) is 43.1 Å². The van der Waals surface area contributed by atoms with Gasteiger partial charge >= 0.3 is 12.3 Å². The second kappa shape index (κ2) is 73.8. The average molecular weight is 1490 g/mol. The second-order valence-electron chi connectivity index (χ2n) is 27.4. The lowest BCUT2D eigenvalue weighted by Gasteiger charge is -2.03. The molecule has 0 unspecified atom stereocenters. The van der Waals surface area contributed by atoms with Crippen molar-refractivity contribution in [2.75, 3.05) is 20.1 Å². The second-order valence-corrected chi connectivity index (χ2v) is 29.8. The van der Waals surface area contributed by atoms with E-state index < -0.39 is 18.6 Å². The Labute approximate surface area is 617 Å². The fourth-order valence-electron chi connectivity index (χ4n) is 6.00. The SMILES string of the molecule is CC(=O)CC(C)C.CC(=S)CC(C)C.CC(=S)CC(C)C.CC(C)CC(=O)C(F)F.CC(C)CC(=S)C(F)F.CC(C)CC=O.CC(C)Cc1ccon1.CC(C)O.CC(C)n1ccnn1.CC(C)n1ncnn1.CC(C)n1nnc[n+]1N.COC(=O)CC(C)C.COC(=S)CC(C)C. The number of Topliss-reactive ketones (excluding diaryl/α,β-unsaturated/α-hetero) is 2. The van der Waals surface area contributed by atoms with Crippen molar-refractivity contribution >= 4 is 92.3 Å². The lowest BCUT2D eigenvalue weighted by atomic mass is 10.1. The van der Waals surface area contributed by atoms with Gasteiger partial charge in [0.05, 0.1) is 43.1 Å². The molecule has 0 saturated heterocycles. The average Bonchev–Trinajstić information content (AvgIpc) is 1.84. The summed E-state index contributed by atoms with van der Waals surface area (Å²) in [5, 5.41) is 38.3. The molecule has 0 radical (unpaired) electrons. The van der Waals surface area contributed by atoms with E-state index in [2.05, 4.69) is 132 Å². The number of carbonyl (C=O) groups excluding carboxylic acids is 4. The minimum atomic E-state index is -2.78. The molecule has 4 rings (SSSR count). The van der Waals surface area contributed by atoms with Crippen molar-refractivity contribution < 1.29 is 60.6 Å². The third-order valence-corrected chi connectivity index (χ3v) is 10.9. The van der Waals surface area contributed by atoms with Crippen LogP contribution in [0, 0.1) is 53.3 Å². The highest BCUT2D eigenvalue weighted by Gasteiger charge is 2.16. The summed E-state index contributed by atoms with van der Waals surface area (Å²) < 4.78 is 61.9. The van der Waals surface area contributed by atoms with Gasteiger partial charge in [-0.2, -0.15) is 4.80 Å². The van der Waals surface area contributed by atoms with Crippen molar-refractivity contribution in [1.29, 1.82) is 0 Å². The number of hydrogen-bond acceptors (Lipinski definition) is 21. The predicted octanol–water partition coefficient (Wildman–Crippen LogP) is 17.7. The maximum absolute atomic E-state index is 11.6. The molecule has 21 nitrogen and oxygen atoms in total. The summed E-state index contributed by atoms with van der Waals surface area (Å²) in [6.07, 6.45) is 9.98. The van der Waals surface area contributed by atoms with Crippen LogP contribution in [0.25, 0.3) is 0 Å². The van der Waals surface area contributed by atoms with Gasteiger partial charge in [-0.25, -0.2) is 17.6 Å². The van der Waals surface area contributed by atoms with E-state index in [-0.39, 0.29) is 47.0 Å². The number of carbonyl (C=O) groups is 4. The lowest BCUT2D eigenvalue weighted by Crippen LogP contribution is -2.52. The van der Waals surface area contributed by atoms with Gasteiger partial charge in [-0.15, -0.1) is 15.3 Å². The van der Waals surface area contributed by atoms with Crippen molar-refractivity contribution in [3.8, 4) is 0 Å². The normalized spacial score (nSPS) is 10.1. The Balaban J connectivity index is -0.000000127. The molecule has 0 atom stereocenters. The molecule has 0 aliphatic carbocycles. The Bertz CT molecular complexity index is 2340. The summed E-state index contributed by atoms with van der Waals surface area (Å²) in [4.78, 5) is 47.1. The molecule has 4 aromatic rings. The number of aldehydes is 1. The zero-order valence-corrected chi connectivity index (χ0v) is 69.7. The smallest absolute Gasteiger partial charge is 0.311 e. The molecular weight excluding hydrogens is 1360 g/mol. The van der Waals surface area contributed by atoms with Crippen LogP contribution >= 0.6 is 48.9 Å². The lowest BCUT2D eigenvalue weighted by molar-refractivity contribution is -0.732. The molecule has 0 aliphatic heterocycles. The summed E-state index contributed by atoms with van der Waals surface area (Å²) in [5.41, 5.74) is 1.05. The first-order valence-electron chi connectivity index (χ1n) is 33.8. The van der Waals surface area contributed by atoms with Gasteiger partial charge in [0.1, 0.15) is 23.4 Å². The third-order valence-electron chi connectivity index (χ3n) is 9.88. The number of nitrogens with two attached hydrogens (primary N) is 1. The number of aliphatic hydroxyl groups excluding tert-OH is 1. The largest absolute Gasteiger partial charge is 0.490 e. The number of nitrogen functional groups attached to an aromatic ring is 1. The number of rotatable bonds is 23. The van der Waals surface area contributed by atoms with Crippen LogP contribution in [0.3, 0.4) is 0 Å². The highest BCUT2D eigenvalue weighted by molar-refractivity contribution is 7.80. The van der Waals surface area contributed by atoms with Gasteiger partial charge in [0.2, 0.25) is 0 Å². The maximum atomic E-state index is 11.6. The van der Waals surface area contributed by atoms with Crippen LogP contribution in [0.2, 0.25) is 0 Å². The zero-order valence-electron chi connectivity index (χ0n) is 66.5. The van der Waals surface area contributed by atoms with E-state index in [0.717, 1.165) is 65.6 Å². The third kappa shape index (κ3) is 106. The van der Waals surface area contributed by atoms with Gasteiger partial charge in [0.25, 0.3) is 12.9 Å². The molecule has 29 heteroatoms. The van der Waals surface area contributed by atoms with Gasteiger partial charge in [0, 0.05) is 56.5 Å². The first-order chi connectivity index (χ1) is 45.4. The van der Waals surface area contributed by atoms with Crippen LogP contribution in [0.4, 0.5) is 17.6 Å². The number of alkyl halides is 4. The molecule has 0 fully saturated rings. The topological polar surface area (TPSA) is 268 Å². The number of aromatic nitrogens is 12. The van der Waals surface area contributed by atoms with Gasteiger partial charge < -0.3 is 28.7 Å². The van der Waals surface area contributed by atoms with Crippen LogP contribution in [0.15, 0.2) is 41.9 Å². The number of halogens is 4. The van der Waals surface area contributed by atoms with Gasteiger partial charge in [-0.1, -0.05) is 176 Å². The first-order valence-corrected chi connectivity index (χ1v) is 35.4. The van der Waals surface area contributed by atoms with Crippen molar-refractivity contribution in [3.63, 3.8) is 0 Å². The van der Waals surface area contributed by atoms with Gasteiger partial charge in [-0.3, -0.25) is 20.1 Å². The molecule has 0 aromatic carbocycles. The number of ketones is 2. The summed E-state index contributed by atoms with van der Waals surface area (Å²) >= 11 is 19.0. The molecule has 0 saturated carbocycles. The van der Waals surface area contributed by atoms with Gasteiger partial charge in [0.15, 0.2) is 22.4 Å². The van der Waals surface area contributed by atoms with Gasteiger partial charge in [-0.05, 0) is 187 Å². The molecule has 0 bridgehead atoms. The molecule has 99 heavy (non-hydrogen) atoms. The molecule has 3 N–H and O–H groups in total. The minimum absolute atomic E-state index is 0.0162. The summed E-state index contributed by atoms with van der Waals surface area (Å²) in [5.74, 6) is 9.08. The monoisotopic (exact) mass is 1490 g/mol. The quantitative estimate of drug-likeness (QED) is 0.0174. The molecule has 4 heterocycles. The zero-order chi connectivity index (χ0) is 79.7. The first kappa shape index (κ1) is 112. The number of nitrogens with zero attached hydrogens (tertiary/aromatic N) is 12. The van der Waals surface area contributed by atoms with Crippen molar-refractivity contribution in [2.24, 2.45) is 53.3 Å². The van der Waals surface area contributed by atoms with E-state index in [9.17, 15) is 36.7 Å². The number of thiocarbonyl (C=S) groups is 4. The molecule has 0 spiro atoms. The summed E-state index contributed by atoms with van der Waals surface area (Å²) in [6, 6.07) is 2.91. The van der Waals surface area contributed by atoms with E-state index in [1.165, 1.54) is 24.6 Å². The van der Waals surface area contributed by atoms with E-state index in [4.69, 9.17) is 52.3 Å². The number of esters is 1. The minimum Gasteiger partial charge on any atom is -0.490 e. The fourth-order valence-corrected chi connectivity index (χ4v) is 7.33. The summed E-state index contributed by atoms with van der Waals surface area (Å²) in [7, 11) is 3.02. The van der Waals surface area contributed by atoms with Crippen LogP contribution in [0.1, 0.15) is 276 Å². The highest BCUT2D eigenvalue weighted by Crippen LogP contribution is 2.09. The predicted molar refractivity (Wildman–Crippen MR) is 412 cm³/mol. The molecule has 0 amide bonds. The number of aliphatic hydroxyl groups is 1. The Kier molecular flexibility index (Phi) is 83.6. The Hall–Kier alpha value is -5.39. The molecule has 580 valence electrons. The Morgan fingerprint density at radius 1 is 0.576 bits per heavy atom. The van der Waals surface area contributed by atoms with Crippen LogP contribution in [-0.4, -0.2) is 137 Å². The number of hydrogen-bond donors (Lipinski definition) is 2. The number of tetrazole rings is 2. The Morgan fingerprint density at radius 3 is 1.17 bits per heavy atom. The molecular formula is C70H136F4N13O8S4+. The Morgan fingerprint density at radius 2 is 1.03 bits per heavy atom. The van der Waals surface area contributed by atoms with E-state index in [1.54, 1.807) is 68.5 Å². The molecule has 4 aromatic heterocycles. The standard InChI is InChI=1S/C7H11NO.C6H10F2O.C6H10F2S.C6H12O2.C6H12OS.C6H12O.2C6H12S.C5H9N3.C5H10O.C4H10N5.C4H8N4.C3H8O/c1-6(2)5-7-3-4-9-8-7;2*1-4(2)3-5(9)6(7)8;1-5(2)4-6(7)8-3;1-5(2)4-6(8)7-3;3*1-5(2)4-6(3)7;1-5(2)8-4-3-6-7-8;1-5(2)3-4-6;1-4(2)9-7-6-3-8(9)5;1-4(2)8-6-3-5-7-8;1-3(2)4/h3-4,6H,5H2,1-2H3;2*4,6H,3H2,1-2H3;2*5H,4H2,1-3H3;3*5H,4H2,1-3H3;3-5H,1-2H3;4-5H,3H2,1-2H3;3-4H,5H2,1-2H3;3-4H,1-2H3;3-4H,1-2H3/q;;;;;;;;;;+1;;. The van der Waals surface area contributed by atoms with Crippen LogP contribution in [-0.2, 0) is 35.1 Å². The maximum Gasteiger partial charge on any atom is 0.311 e. The van der Waals surface area contributed by atoms with Crippen molar-refractivity contribution in [1.82, 2.24) is 55.5 Å². The van der Waals surface area contributed by atoms with Crippen LogP contribution in [0.5, 0.6) is 0 Å². The van der Waals surface area contributed by atoms with E-state index in [0.29, 0.717) is 66.0 Å². The number of methoxy groups -OCH3 is 2. The highest BCUT2D eigenvalue weighted by atomic mass is 32.1. The molecule has 0 aliphatic rings.